The van der Waals surface area contributed by atoms with Crippen LogP contribution in [0.5, 0.6) is 0 Å². The molecule has 0 aromatic heterocycles. The van der Waals surface area contributed by atoms with E-state index in [0.29, 0.717) is 6.42 Å². The van der Waals surface area contributed by atoms with E-state index in [2.05, 4.69) is 28.6 Å². The zero-order chi connectivity index (χ0) is 23.6. The number of nitrogens with one attached hydrogen (secondary N) is 3. The molecule has 6 unspecified atom stereocenters. The summed E-state index contributed by atoms with van der Waals surface area (Å²) in [6, 6.07) is -4.37. The minimum Gasteiger partial charge on any atom is -0.480 e. The summed E-state index contributed by atoms with van der Waals surface area (Å²) in [4.78, 5) is 49.0. The van der Waals surface area contributed by atoms with E-state index < -0.39 is 54.0 Å². The third kappa shape index (κ3) is 9.31. The highest BCUT2D eigenvalue weighted by atomic mass is 32.1. The Balaban J connectivity index is 5.49. The van der Waals surface area contributed by atoms with Crippen molar-refractivity contribution in [2.45, 2.75) is 77.7 Å². The van der Waals surface area contributed by atoms with Crippen molar-refractivity contribution >= 4 is 36.3 Å². The molecule has 0 saturated heterocycles. The van der Waals surface area contributed by atoms with Crippen LogP contribution in [-0.2, 0) is 19.2 Å². The second-order valence-corrected chi connectivity index (χ2v) is 8.28. The van der Waals surface area contributed by atoms with Crippen LogP contribution in [-0.4, -0.2) is 69.9 Å². The number of rotatable bonds is 13. The molecule has 0 fully saturated rings. The van der Waals surface area contributed by atoms with Crippen molar-refractivity contribution in [3.8, 4) is 0 Å². The standard InChI is InChI=1S/C19H36N4O6S/c1-6-10(4)15(18(27)22-13(8-30)19(28)29)23-16(25)12(7-9(2)3)21-17(26)14(20)11(5)24/h9-15,24,30H,6-8,20H2,1-5H3,(H,21,26)(H,22,27)(H,23,25)(H,28,29). The van der Waals surface area contributed by atoms with Gasteiger partial charge in [0.1, 0.15) is 24.2 Å². The molecule has 0 aliphatic heterocycles. The minimum atomic E-state index is -1.23. The number of nitrogens with two attached hydrogens (primary N) is 1. The van der Waals surface area contributed by atoms with Gasteiger partial charge in [0, 0.05) is 5.75 Å². The number of thiol groups is 1. The smallest absolute Gasteiger partial charge is 0.327 e. The lowest BCUT2D eigenvalue weighted by Gasteiger charge is -2.28. The molecule has 0 radical (unpaired) electrons. The first-order valence-corrected chi connectivity index (χ1v) is 10.7. The summed E-state index contributed by atoms with van der Waals surface area (Å²) in [7, 11) is 0. The first-order chi connectivity index (χ1) is 13.8. The topological polar surface area (TPSA) is 171 Å². The Morgan fingerprint density at radius 1 is 0.933 bits per heavy atom. The molecule has 0 aliphatic carbocycles. The van der Waals surface area contributed by atoms with Crippen LogP contribution in [0, 0.1) is 11.8 Å². The zero-order valence-corrected chi connectivity index (χ0v) is 19.1. The predicted molar refractivity (Wildman–Crippen MR) is 116 cm³/mol. The van der Waals surface area contributed by atoms with Gasteiger partial charge in [-0.2, -0.15) is 12.6 Å². The number of amides is 3. The van der Waals surface area contributed by atoms with Crippen LogP contribution in [0.15, 0.2) is 0 Å². The van der Waals surface area contributed by atoms with E-state index in [1.807, 2.05) is 20.8 Å². The van der Waals surface area contributed by atoms with Gasteiger partial charge in [0.15, 0.2) is 0 Å². The van der Waals surface area contributed by atoms with Crippen LogP contribution in [0.25, 0.3) is 0 Å². The van der Waals surface area contributed by atoms with Gasteiger partial charge in [0.05, 0.1) is 6.10 Å². The van der Waals surface area contributed by atoms with Crippen LogP contribution >= 0.6 is 12.6 Å². The molecule has 0 rings (SSSR count). The molecule has 0 aromatic rings. The lowest BCUT2D eigenvalue weighted by atomic mass is 9.96. The summed E-state index contributed by atoms with van der Waals surface area (Å²) in [5.41, 5.74) is 5.64. The normalized spacial score (nSPS) is 17.2. The van der Waals surface area contributed by atoms with Crippen molar-refractivity contribution in [1.82, 2.24) is 16.0 Å². The predicted octanol–water partition coefficient (Wildman–Crippen LogP) is -0.744. The van der Waals surface area contributed by atoms with Gasteiger partial charge in [0.2, 0.25) is 17.7 Å². The third-order valence-corrected chi connectivity index (χ3v) is 5.12. The highest BCUT2D eigenvalue weighted by Gasteiger charge is 2.33. The van der Waals surface area contributed by atoms with Gasteiger partial charge in [-0.1, -0.05) is 34.1 Å². The van der Waals surface area contributed by atoms with Crippen molar-refractivity contribution in [2.24, 2.45) is 17.6 Å². The minimum absolute atomic E-state index is 0.0419. The number of hydrogen-bond acceptors (Lipinski definition) is 7. The summed E-state index contributed by atoms with van der Waals surface area (Å²) >= 11 is 3.92. The Labute approximate surface area is 183 Å². The fraction of sp³-hybridized carbons (Fsp3) is 0.789. The summed E-state index contributed by atoms with van der Waals surface area (Å²) in [5.74, 6) is -3.51. The van der Waals surface area contributed by atoms with Crippen LogP contribution in [0.2, 0.25) is 0 Å². The Hall–Kier alpha value is -1.85. The number of aliphatic hydroxyl groups excluding tert-OH is 1. The fourth-order valence-corrected chi connectivity index (χ4v) is 2.84. The van der Waals surface area contributed by atoms with Gasteiger partial charge in [-0.05, 0) is 25.2 Å². The number of carboxylic acid groups (broad SMARTS) is 1. The van der Waals surface area contributed by atoms with E-state index in [0.717, 1.165) is 0 Å². The van der Waals surface area contributed by atoms with Gasteiger partial charge in [-0.15, -0.1) is 0 Å². The molecule has 0 spiro atoms. The number of carbonyl (C=O) groups is 4. The number of carbonyl (C=O) groups excluding carboxylic acids is 3. The lowest BCUT2D eigenvalue weighted by Crippen LogP contribution is -2.59. The zero-order valence-electron chi connectivity index (χ0n) is 18.2. The van der Waals surface area contributed by atoms with E-state index in [1.54, 1.807) is 6.92 Å². The van der Waals surface area contributed by atoms with Crippen molar-refractivity contribution in [2.75, 3.05) is 5.75 Å². The fourth-order valence-electron chi connectivity index (χ4n) is 2.59. The molecule has 0 aromatic carbocycles. The van der Waals surface area contributed by atoms with E-state index in [4.69, 9.17) is 10.8 Å². The molecule has 0 heterocycles. The van der Waals surface area contributed by atoms with E-state index >= 15 is 0 Å². The molecule has 3 amide bonds. The second-order valence-electron chi connectivity index (χ2n) is 7.91. The quantitative estimate of drug-likeness (QED) is 0.182. The highest BCUT2D eigenvalue weighted by molar-refractivity contribution is 7.80. The van der Waals surface area contributed by atoms with Gasteiger partial charge < -0.3 is 31.9 Å². The number of hydrogen-bond donors (Lipinski definition) is 7. The number of aliphatic carboxylic acids is 1. The Bertz CT molecular complexity index is 602. The number of carboxylic acids is 1. The molecular weight excluding hydrogens is 412 g/mol. The number of aliphatic hydroxyl groups is 1. The maximum absolute atomic E-state index is 12.9. The Kier molecular flexibility index (Phi) is 12.6. The maximum atomic E-state index is 12.9. The third-order valence-electron chi connectivity index (χ3n) is 4.75. The average Bonchev–Trinajstić information content (AvgIpc) is 2.67. The van der Waals surface area contributed by atoms with Crippen molar-refractivity contribution < 1.29 is 29.4 Å². The van der Waals surface area contributed by atoms with Gasteiger partial charge in [-0.3, -0.25) is 14.4 Å². The second kappa shape index (κ2) is 13.5. The maximum Gasteiger partial charge on any atom is 0.327 e. The summed E-state index contributed by atoms with van der Waals surface area (Å²) in [5, 5.41) is 26.2. The van der Waals surface area contributed by atoms with E-state index in [9.17, 15) is 24.3 Å². The Morgan fingerprint density at radius 2 is 1.47 bits per heavy atom. The lowest BCUT2D eigenvalue weighted by molar-refractivity contribution is -0.142. The largest absolute Gasteiger partial charge is 0.480 e. The molecule has 6 atom stereocenters. The summed E-state index contributed by atoms with van der Waals surface area (Å²) in [6.07, 6.45) is -0.265. The molecular formula is C19H36N4O6S. The van der Waals surface area contributed by atoms with Gasteiger partial charge in [0.25, 0.3) is 0 Å². The SMILES string of the molecule is CCC(C)C(NC(=O)C(CC(C)C)NC(=O)C(N)C(C)O)C(=O)NC(CS)C(=O)O. The van der Waals surface area contributed by atoms with E-state index in [1.165, 1.54) is 6.92 Å². The van der Waals surface area contributed by atoms with E-state index in [-0.39, 0.29) is 24.0 Å². The first kappa shape index (κ1) is 28.1. The van der Waals surface area contributed by atoms with Gasteiger partial charge >= 0.3 is 5.97 Å². The first-order valence-electron chi connectivity index (χ1n) is 10.0. The molecule has 0 aliphatic rings. The molecule has 0 bridgehead atoms. The molecule has 0 saturated carbocycles. The van der Waals surface area contributed by atoms with Gasteiger partial charge in [-0.25, -0.2) is 4.79 Å². The molecule has 10 nitrogen and oxygen atoms in total. The molecule has 174 valence electrons. The summed E-state index contributed by atoms with van der Waals surface area (Å²) < 4.78 is 0. The summed E-state index contributed by atoms with van der Waals surface area (Å²) in [6.45, 7) is 8.68. The molecule has 11 heteroatoms. The molecule has 7 N–H and O–H groups in total. The monoisotopic (exact) mass is 448 g/mol. The Morgan fingerprint density at radius 3 is 1.87 bits per heavy atom. The molecule has 30 heavy (non-hydrogen) atoms. The van der Waals surface area contributed by atoms with Crippen LogP contribution in [0.4, 0.5) is 0 Å². The van der Waals surface area contributed by atoms with Crippen LogP contribution < -0.4 is 21.7 Å². The van der Waals surface area contributed by atoms with Crippen molar-refractivity contribution in [3.63, 3.8) is 0 Å². The van der Waals surface area contributed by atoms with Crippen LogP contribution in [0.3, 0.4) is 0 Å². The average molecular weight is 449 g/mol. The van der Waals surface area contributed by atoms with Crippen molar-refractivity contribution in [1.29, 1.82) is 0 Å². The van der Waals surface area contributed by atoms with Crippen LogP contribution in [0.1, 0.15) is 47.5 Å². The highest BCUT2D eigenvalue weighted by Crippen LogP contribution is 2.11. The van der Waals surface area contributed by atoms with Crippen molar-refractivity contribution in [3.05, 3.63) is 0 Å².